The normalized spacial score (nSPS) is 17.7. The molecule has 0 saturated carbocycles. The standard InChI is InChI=1S/C30H42N4O6S/c1-6-40-25(37)10-8-7-9-24(36)33-27(30(3,4)5)29(39)34-17-22(35)15-23(34)28(38)31-16-20-11-13-21(14-12-20)26-19(2)32-18-41-26/h11-14,18,22-23,27,35H,6-10,15-17H2,1-5H3,(H,31,38)(H,33,36). The van der Waals surface area contributed by atoms with Crippen molar-refractivity contribution in [3.63, 3.8) is 0 Å². The zero-order valence-electron chi connectivity index (χ0n) is 24.6. The summed E-state index contributed by atoms with van der Waals surface area (Å²) in [5.41, 5.74) is 4.11. The Bertz CT molecular complexity index is 1210. The second kappa shape index (κ2) is 14.5. The van der Waals surface area contributed by atoms with Crippen LogP contribution in [0.5, 0.6) is 0 Å². The summed E-state index contributed by atoms with van der Waals surface area (Å²) < 4.78 is 4.90. The van der Waals surface area contributed by atoms with Crippen LogP contribution in [0.4, 0.5) is 0 Å². The van der Waals surface area contributed by atoms with Crippen LogP contribution in [0, 0.1) is 12.3 Å². The number of hydrogen-bond donors (Lipinski definition) is 3. The highest BCUT2D eigenvalue weighted by molar-refractivity contribution is 7.13. The number of nitrogens with zero attached hydrogens (tertiary/aromatic N) is 2. The van der Waals surface area contributed by atoms with Crippen molar-refractivity contribution in [2.24, 2.45) is 5.41 Å². The molecule has 0 radical (unpaired) electrons. The summed E-state index contributed by atoms with van der Waals surface area (Å²) in [5.74, 6) is -1.36. The van der Waals surface area contributed by atoms with Crippen LogP contribution < -0.4 is 10.6 Å². The van der Waals surface area contributed by atoms with Gasteiger partial charge in [0.1, 0.15) is 12.1 Å². The van der Waals surface area contributed by atoms with Gasteiger partial charge in [0.05, 0.1) is 28.8 Å². The van der Waals surface area contributed by atoms with Gasteiger partial charge in [-0.25, -0.2) is 4.98 Å². The zero-order valence-corrected chi connectivity index (χ0v) is 25.4. The van der Waals surface area contributed by atoms with E-state index >= 15 is 0 Å². The zero-order chi connectivity index (χ0) is 30.2. The smallest absolute Gasteiger partial charge is 0.305 e. The third-order valence-corrected chi connectivity index (χ3v) is 8.03. The number of ether oxygens (including phenoxy) is 1. The van der Waals surface area contributed by atoms with Crippen LogP contribution in [0.2, 0.25) is 0 Å². The molecule has 1 aromatic heterocycles. The van der Waals surface area contributed by atoms with Gasteiger partial charge in [-0.3, -0.25) is 19.2 Å². The number of carbonyl (C=O) groups excluding carboxylic acids is 4. The lowest BCUT2D eigenvalue weighted by Crippen LogP contribution is -2.57. The predicted molar refractivity (Wildman–Crippen MR) is 157 cm³/mol. The van der Waals surface area contributed by atoms with Gasteiger partial charge < -0.3 is 25.4 Å². The molecule has 0 aliphatic carbocycles. The first-order valence-electron chi connectivity index (χ1n) is 14.1. The number of rotatable bonds is 12. The van der Waals surface area contributed by atoms with Crippen LogP contribution in [-0.2, 0) is 30.5 Å². The van der Waals surface area contributed by atoms with Crippen LogP contribution in [0.15, 0.2) is 29.8 Å². The lowest BCUT2D eigenvalue weighted by Gasteiger charge is -2.35. The predicted octanol–water partition coefficient (Wildman–Crippen LogP) is 3.35. The first kappa shape index (κ1) is 32.2. The number of benzene rings is 1. The van der Waals surface area contributed by atoms with Crippen LogP contribution in [0.25, 0.3) is 10.4 Å². The maximum atomic E-state index is 13.7. The van der Waals surface area contributed by atoms with E-state index < -0.39 is 29.5 Å². The van der Waals surface area contributed by atoms with Gasteiger partial charge in [-0.2, -0.15) is 0 Å². The molecule has 3 atom stereocenters. The van der Waals surface area contributed by atoms with Gasteiger partial charge in [-0.05, 0) is 43.2 Å². The van der Waals surface area contributed by atoms with E-state index in [2.05, 4.69) is 15.6 Å². The number of aliphatic hydroxyl groups is 1. The van der Waals surface area contributed by atoms with Crippen molar-refractivity contribution in [2.45, 2.75) is 91.5 Å². The molecule has 224 valence electrons. The lowest BCUT2D eigenvalue weighted by molar-refractivity contribution is -0.144. The fraction of sp³-hybridized carbons (Fsp3) is 0.567. The van der Waals surface area contributed by atoms with Crippen LogP contribution in [0.3, 0.4) is 0 Å². The average Bonchev–Trinajstić information content (AvgIpc) is 3.53. The first-order valence-corrected chi connectivity index (χ1v) is 15.0. The van der Waals surface area contributed by atoms with Crippen molar-refractivity contribution in [3.8, 4) is 10.4 Å². The molecule has 2 aromatic rings. The van der Waals surface area contributed by atoms with Gasteiger partial charge in [0, 0.05) is 32.4 Å². The van der Waals surface area contributed by atoms with Crippen molar-refractivity contribution < 1.29 is 29.0 Å². The fourth-order valence-electron chi connectivity index (χ4n) is 4.80. The molecular formula is C30H42N4O6S. The second-order valence-electron chi connectivity index (χ2n) is 11.5. The maximum absolute atomic E-state index is 13.7. The summed E-state index contributed by atoms with van der Waals surface area (Å²) in [7, 11) is 0. The van der Waals surface area contributed by atoms with E-state index in [0.29, 0.717) is 19.4 Å². The van der Waals surface area contributed by atoms with Gasteiger partial charge in [0.25, 0.3) is 0 Å². The molecule has 2 heterocycles. The minimum atomic E-state index is -0.886. The summed E-state index contributed by atoms with van der Waals surface area (Å²) in [4.78, 5) is 57.9. The minimum Gasteiger partial charge on any atom is -0.466 e. The summed E-state index contributed by atoms with van der Waals surface area (Å²) in [6.07, 6.45) is 0.673. The largest absolute Gasteiger partial charge is 0.466 e. The number of thiazole rings is 1. The first-order chi connectivity index (χ1) is 19.4. The van der Waals surface area contributed by atoms with E-state index in [-0.39, 0.29) is 50.1 Å². The summed E-state index contributed by atoms with van der Waals surface area (Å²) >= 11 is 1.58. The van der Waals surface area contributed by atoms with Crippen molar-refractivity contribution in [1.29, 1.82) is 0 Å². The van der Waals surface area contributed by atoms with E-state index in [1.807, 2.05) is 57.5 Å². The summed E-state index contributed by atoms with van der Waals surface area (Å²) in [5, 5.41) is 16.1. The molecule has 1 fully saturated rings. The monoisotopic (exact) mass is 586 g/mol. The number of esters is 1. The van der Waals surface area contributed by atoms with E-state index in [4.69, 9.17) is 4.74 Å². The molecule has 1 aliphatic heterocycles. The summed E-state index contributed by atoms with van der Waals surface area (Å²) in [6.45, 7) is 9.85. The molecule has 0 bridgehead atoms. The molecule has 3 N–H and O–H groups in total. The highest BCUT2D eigenvalue weighted by atomic mass is 32.1. The van der Waals surface area contributed by atoms with Gasteiger partial charge in [0.2, 0.25) is 17.7 Å². The number of aliphatic hydroxyl groups excluding tert-OH is 1. The van der Waals surface area contributed by atoms with Crippen molar-refractivity contribution in [1.82, 2.24) is 20.5 Å². The molecule has 1 saturated heterocycles. The van der Waals surface area contributed by atoms with Crippen LogP contribution in [0.1, 0.15) is 71.1 Å². The highest BCUT2D eigenvalue weighted by Gasteiger charge is 2.44. The van der Waals surface area contributed by atoms with Gasteiger partial charge in [0.15, 0.2) is 0 Å². The number of aromatic nitrogens is 1. The van der Waals surface area contributed by atoms with Crippen molar-refractivity contribution in [3.05, 3.63) is 41.0 Å². The Morgan fingerprint density at radius 3 is 2.44 bits per heavy atom. The Kier molecular flexibility index (Phi) is 11.4. The van der Waals surface area contributed by atoms with Crippen molar-refractivity contribution in [2.75, 3.05) is 13.2 Å². The van der Waals surface area contributed by atoms with E-state index in [1.54, 1.807) is 18.3 Å². The molecule has 41 heavy (non-hydrogen) atoms. The third-order valence-electron chi connectivity index (χ3n) is 7.05. The number of carbonyl (C=O) groups is 4. The molecule has 1 aromatic carbocycles. The van der Waals surface area contributed by atoms with E-state index in [1.165, 1.54) is 4.90 Å². The molecule has 1 aliphatic rings. The topological polar surface area (TPSA) is 138 Å². The number of unbranched alkanes of at least 4 members (excludes halogenated alkanes) is 1. The Hall–Kier alpha value is -3.31. The number of β-amino-alcohol motifs (C(OH)–C–C–N with tert-alkyl or cyclic N) is 1. The lowest BCUT2D eigenvalue weighted by atomic mass is 9.85. The molecule has 0 spiro atoms. The Balaban J connectivity index is 1.59. The Morgan fingerprint density at radius 1 is 1.15 bits per heavy atom. The molecule has 11 heteroatoms. The number of amides is 3. The van der Waals surface area contributed by atoms with Crippen LogP contribution in [-0.4, -0.2) is 70.0 Å². The molecule has 3 rings (SSSR count). The quantitative estimate of drug-likeness (QED) is 0.256. The van der Waals surface area contributed by atoms with Gasteiger partial charge in [-0.1, -0.05) is 45.0 Å². The second-order valence-corrected chi connectivity index (χ2v) is 12.3. The number of hydrogen-bond acceptors (Lipinski definition) is 8. The fourth-order valence-corrected chi connectivity index (χ4v) is 5.61. The van der Waals surface area contributed by atoms with Gasteiger partial charge >= 0.3 is 5.97 Å². The molecular weight excluding hydrogens is 544 g/mol. The number of likely N-dealkylation sites (tertiary alicyclic amines) is 1. The van der Waals surface area contributed by atoms with Crippen LogP contribution >= 0.6 is 11.3 Å². The Labute approximate surface area is 245 Å². The number of aryl methyl sites for hydroxylation is 1. The SMILES string of the molecule is CCOC(=O)CCCCC(=O)NC(C(=O)N1CC(O)CC1C(=O)NCc1ccc(-c2scnc2C)cc1)C(C)(C)C. The Morgan fingerprint density at radius 2 is 1.83 bits per heavy atom. The molecule has 10 nitrogen and oxygen atoms in total. The average molecular weight is 587 g/mol. The van der Waals surface area contributed by atoms with Crippen molar-refractivity contribution >= 4 is 35.0 Å². The third kappa shape index (κ3) is 9.09. The summed E-state index contributed by atoms with van der Waals surface area (Å²) in [6, 6.07) is 6.14. The van der Waals surface area contributed by atoms with E-state index in [0.717, 1.165) is 21.7 Å². The van der Waals surface area contributed by atoms with E-state index in [9.17, 15) is 24.3 Å². The maximum Gasteiger partial charge on any atom is 0.305 e. The highest BCUT2D eigenvalue weighted by Crippen LogP contribution is 2.28. The minimum absolute atomic E-state index is 0.0157. The molecule has 3 unspecified atom stereocenters. The number of nitrogens with one attached hydrogen (secondary N) is 2. The molecule has 3 amide bonds. The van der Waals surface area contributed by atoms with Gasteiger partial charge in [-0.15, -0.1) is 11.3 Å².